The molecule has 0 fully saturated rings. The lowest BCUT2D eigenvalue weighted by atomic mass is 10.2. The van der Waals surface area contributed by atoms with Crippen LogP contribution < -0.4 is 15.0 Å². The molecule has 0 aliphatic rings. The summed E-state index contributed by atoms with van der Waals surface area (Å²) in [5, 5.41) is 8.43. The van der Waals surface area contributed by atoms with Gasteiger partial charge in [0.15, 0.2) is 5.75 Å². The van der Waals surface area contributed by atoms with Crippen LogP contribution in [0.2, 0.25) is 0 Å². The number of hydrogen-bond acceptors (Lipinski definition) is 5. The largest absolute Gasteiger partial charge is 0.491 e. The quantitative estimate of drug-likeness (QED) is 0.564. The maximum Gasteiger partial charge on any atom is 0.276 e. The maximum absolute atomic E-state index is 11.1. The predicted molar refractivity (Wildman–Crippen MR) is 51.2 cm³/mol. The summed E-state index contributed by atoms with van der Waals surface area (Å²) in [6.07, 6.45) is 1.29. The molecular formula is C9H12N2O4. The third-order valence-corrected chi connectivity index (χ3v) is 1.68. The van der Waals surface area contributed by atoms with Crippen molar-refractivity contribution in [1.29, 1.82) is 0 Å². The van der Waals surface area contributed by atoms with Crippen molar-refractivity contribution in [3.05, 3.63) is 17.8 Å². The standard InChI is InChI=1S/C9H12N2O4/c1-3-15-9-7(14-2)4-6(5-10-9)8(12)11-13/h4-5,13H,3H2,1-2H3,(H,11,12). The molecule has 0 saturated carbocycles. The molecular weight excluding hydrogens is 200 g/mol. The highest BCUT2D eigenvalue weighted by Gasteiger charge is 2.11. The van der Waals surface area contributed by atoms with Crippen molar-refractivity contribution < 1.29 is 19.5 Å². The third kappa shape index (κ3) is 2.57. The minimum absolute atomic E-state index is 0.192. The van der Waals surface area contributed by atoms with E-state index in [1.807, 2.05) is 6.92 Å². The van der Waals surface area contributed by atoms with Crippen molar-refractivity contribution in [2.75, 3.05) is 13.7 Å². The van der Waals surface area contributed by atoms with Crippen molar-refractivity contribution in [3.63, 3.8) is 0 Å². The lowest BCUT2D eigenvalue weighted by molar-refractivity contribution is 0.0705. The van der Waals surface area contributed by atoms with Crippen molar-refractivity contribution in [2.24, 2.45) is 0 Å². The molecule has 1 aromatic heterocycles. The third-order valence-electron chi connectivity index (χ3n) is 1.68. The second-order valence-electron chi connectivity index (χ2n) is 2.61. The lowest BCUT2D eigenvalue weighted by Crippen LogP contribution is -2.18. The predicted octanol–water partition coefficient (Wildman–Crippen LogP) is 0.608. The molecule has 1 aromatic rings. The Bertz CT molecular complexity index is 354. The Morgan fingerprint density at radius 1 is 1.67 bits per heavy atom. The molecule has 0 saturated heterocycles. The monoisotopic (exact) mass is 212 g/mol. The summed E-state index contributed by atoms with van der Waals surface area (Å²) < 4.78 is 10.2. The Kier molecular flexibility index (Phi) is 3.87. The summed E-state index contributed by atoms with van der Waals surface area (Å²) in [6, 6.07) is 1.43. The van der Waals surface area contributed by atoms with E-state index in [1.165, 1.54) is 24.9 Å². The first kappa shape index (κ1) is 11.3. The number of amides is 1. The van der Waals surface area contributed by atoms with Gasteiger partial charge in [-0.3, -0.25) is 10.0 Å². The van der Waals surface area contributed by atoms with Gasteiger partial charge in [0, 0.05) is 12.3 Å². The molecule has 1 heterocycles. The minimum atomic E-state index is -0.649. The fourth-order valence-corrected chi connectivity index (χ4v) is 1.01. The maximum atomic E-state index is 11.1. The highest BCUT2D eigenvalue weighted by molar-refractivity contribution is 5.93. The van der Waals surface area contributed by atoms with E-state index in [9.17, 15) is 4.79 Å². The van der Waals surface area contributed by atoms with E-state index in [2.05, 4.69) is 4.98 Å². The topological polar surface area (TPSA) is 80.7 Å². The van der Waals surface area contributed by atoms with Crippen molar-refractivity contribution in [2.45, 2.75) is 6.92 Å². The Morgan fingerprint density at radius 2 is 2.40 bits per heavy atom. The number of hydrogen-bond donors (Lipinski definition) is 2. The van der Waals surface area contributed by atoms with Gasteiger partial charge in [0.2, 0.25) is 0 Å². The van der Waals surface area contributed by atoms with Gasteiger partial charge in [-0.1, -0.05) is 0 Å². The Morgan fingerprint density at radius 3 is 2.93 bits per heavy atom. The number of rotatable bonds is 4. The van der Waals surface area contributed by atoms with E-state index in [0.717, 1.165) is 0 Å². The molecule has 1 rings (SSSR count). The molecule has 15 heavy (non-hydrogen) atoms. The van der Waals surface area contributed by atoms with Gasteiger partial charge in [0.05, 0.1) is 19.3 Å². The number of carbonyl (C=O) groups is 1. The Labute approximate surface area is 86.8 Å². The van der Waals surface area contributed by atoms with Crippen LogP contribution in [0.5, 0.6) is 11.6 Å². The summed E-state index contributed by atoms with van der Waals surface area (Å²) >= 11 is 0. The first-order chi connectivity index (χ1) is 7.22. The highest BCUT2D eigenvalue weighted by atomic mass is 16.5. The van der Waals surface area contributed by atoms with Crippen LogP contribution in [0.25, 0.3) is 0 Å². The zero-order valence-corrected chi connectivity index (χ0v) is 8.48. The van der Waals surface area contributed by atoms with Gasteiger partial charge in [-0.05, 0) is 6.92 Å². The van der Waals surface area contributed by atoms with Crippen molar-refractivity contribution in [1.82, 2.24) is 10.5 Å². The van der Waals surface area contributed by atoms with Crippen molar-refractivity contribution in [3.8, 4) is 11.6 Å². The summed E-state index contributed by atoms with van der Waals surface area (Å²) in [6.45, 7) is 2.27. The molecule has 6 nitrogen and oxygen atoms in total. The first-order valence-corrected chi connectivity index (χ1v) is 4.34. The van der Waals surface area contributed by atoms with Gasteiger partial charge in [0.1, 0.15) is 0 Å². The molecule has 2 N–H and O–H groups in total. The van der Waals surface area contributed by atoms with Crippen LogP contribution in [0.4, 0.5) is 0 Å². The molecule has 0 bridgehead atoms. The minimum Gasteiger partial charge on any atom is -0.491 e. The van der Waals surface area contributed by atoms with Crippen LogP contribution in [0, 0.1) is 0 Å². The number of nitrogens with zero attached hydrogens (tertiary/aromatic N) is 1. The van der Waals surface area contributed by atoms with Crippen LogP contribution in [-0.4, -0.2) is 29.8 Å². The zero-order chi connectivity index (χ0) is 11.3. The Balaban J connectivity index is 3.01. The summed E-state index contributed by atoms with van der Waals surface area (Å²) in [4.78, 5) is 14.9. The number of ether oxygens (including phenoxy) is 2. The summed E-state index contributed by atoms with van der Waals surface area (Å²) in [5.74, 6) is 0.0105. The van der Waals surface area contributed by atoms with Crippen LogP contribution >= 0.6 is 0 Å². The van der Waals surface area contributed by atoms with E-state index in [4.69, 9.17) is 14.7 Å². The lowest BCUT2D eigenvalue weighted by Gasteiger charge is -2.08. The van der Waals surface area contributed by atoms with Gasteiger partial charge in [-0.25, -0.2) is 10.5 Å². The van der Waals surface area contributed by atoms with E-state index in [1.54, 1.807) is 0 Å². The zero-order valence-electron chi connectivity index (χ0n) is 8.48. The fraction of sp³-hybridized carbons (Fsp3) is 0.333. The van der Waals surface area contributed by atoms with Gasteiger partial charge in [-0.15, -0.1) is 0 Å². The molecule has 6 heteroatoms. The van der Waals surface area contributed by atoms with Gasteiger partial charge in [-0.2, -0.15) is 0 Å². The smallest absolute Gasteiger partial charge is 0.276 e. The van der Waals surface area contributed by atoms with Crippen LogP contribution in [0.15, 0.2) is 12.3 Å². The number of aromatic nitrogens is 1. The second kappa shape index (κ2) is 5.16. The van der Waals surface area contributed by atoms with Gasteiger partial charge in [0.25, 0.3) is 11.8 Å². The normalized spacial score (nSPS) is 9.53. The van der Waals surface area contributed by atoms with Crippen molar-refractivity contribution >= 4 is 5.91 Å². The molecule has 0 radical (unpaired) electrons. The molecule has 0 spiro atoms. The fourth-order valence-electron chi connectivity index (χ4n) is 1.01. The molecule has 0 aromatic carbocycles. The summed E-state index contributed by atoms with van der Waals surface area (Å²) in [5.41, 5.74) is 1.70. The number of nitrogens with one attached hydrogen (secondary N) is 1. The van der Waals surface area contributed by atoms with E-state index in [0.29, 0.717) is 18.2 Å². The molecule has 0 atom stereocenters. The van der Waals surface area contributed by atoms with E-state index < -0.39 is 5.91 Å². The van der Waals surface area contributed by atoms with E-state index >= 15 is 0 Å². The molecule has 0 aliphatic heterocycles. The summed E-state index contributed by atoms with van der Waals surface area (Å²) in [7, 11) is 1.44. The van der Waals surface area contributed by atoms with Gasteiger partial charge < -0.3 is 9.47 Å². The number of pyridine rings is 1. The molecule has 0 aliphatic carbocycles. The average Bonchev–Trinajstić information content (AvgIpc) is 2.29. The van der Waals surface area contributed by atoms with E-state index in [-0.39, 0.29) is 5.56 Å². The molecule has 82 valence electrons. The highest BCUT2D eigenvalue weighted by Crippen LogP contribution is 2.24. The number of carbonyl (C=O) groups excluding carboxylic acids is 1. The molecule has 0 unspecified atom stereocenters. The van der Waals surface area contributed by atoms with Crippen LogP contribution in [-0.2, 0) is 0 Å². The SMILES string of the molecule is CCOc1ncc(C(=O)NO)cc1OC. The Hall–Kier alpha value is -1.82. The number of methoxy groups -OCH3 is 1. The van der Waals surface area contributed by atoms with Crippen LogP contribution in [0.3, 0.4) is 0 Å². The number of hydroxylamine groups is 1. The van der Waals surface area contributed by atoms with Gasteiger partial charge >= 0.3 is 0 Å². The average molecular weight is 212 g/mol. The first-order valence-electron chi connectivity index (χ1n) is 4.34. The van der Waals surface area contributed by atoms with Crippen LogP contribution in [0.1, 0.15) is 17.3 Å². The molecule has 1 amide bonds. The second-order valence-corrected chi connectivity index (χ2v) is 2.61.